The zero-order valence-corrected chi connectivity index (χ0v) is 13.0. The molecule has 0 aliphatic heterocycles. The van der Waals surface area contributed by atoms with Crippen LogP contribution in [0.2, 0.25) is 0 Å². The number of amides is 1. The Morgan fingerprint density at radius 1 is 1.25 bits per heavy atom. The third-order valence-corrected chi connectivity index (χ3v) is 3.43. The summed E-state index contributed by atoms with van der Waals surface area (Å²) in [7, 11) is 1.37. The number of benzene rings is 2. The Balaban J connectivity index is 1.65. The molecule has 0 bridgehead atoms. The quantitative estimate of drug-likeness (QED) is 0.780. The number of hydrogen-bond donors (Lipinski definition) is 1. The molecule has 6 heteroatoms. The van der Waals surface area contributed by atoms with Crippen LogP contribution in [0.3, 0.4) is 0 Å². The van der Waals surface area contributed by atoms with E-state index in [1.165, 1.54) is 19.2 Å². The fourth-order valence-electron chi connectivity index (χ4n) is 2.19. The number of halogens is 1. The minimum absolute atomic E-state index is 0.0896. The summed E-state index contributed by atoms with van der Waals surface area (Å²) in [5.74, 6) is 0.0712. The van der Waals surface area contributed by atoms with E-state index in [4.69, 9.17) is 9.15 Å². The Labute approximate surface area is 138 Å². The molecule has 1 amide bonds. The lowest BCUT2D eigenvalue weighted by Gasteiger charge is -2.05. The maximum Gasteiger partial charge on any atom is 0.251 e. The van der Waals surface area contributed by atoms with Gasteiger partial charge in [-0.1, -0.05) is 30.3 Å². The van der Waals surface area contributed by atoms with Gasteiger partial charge < -0.3 is 14.5 Å². The van der Waals surface area contributed by atoms with Gasteiger partial charge in [-0.15, -0.1) is 0 Å². The number of nitrogens with zero attached hydrogens (tertiary/aromatic N) is 1. The molecule has 2 aromatic carbocycles. The van der Waals surface area contributed by atoms with Crippen LogP contribution in [0.5, 0.6) is 5.75 Å². The molecule has 1 N–H and O–H groups in total. The van der Waals surface area contributed by atoms with Crippen LogP contribution in [-0.4, -0.2) is 18.0 Å². The van der Waals surface area contributed by atoms with E-state index in [0.29, 0.717) is 11.7 Å². The fourth-order valence-corrected chi connectivity index (χ4v) is 2.19. The molecule has 1 heterocycles. The predicted octanol–water partition coefficient (Wildman–Crippen LogP) is 3.42. The Bertz CT molecular complexity index is 846. The number of rotatable bonds is 5. The zero-order valence-electron chi connectivity index (χ0n) is 13.0. The number of aromatic nitrogens is 1. The smallest absolute Gasteiger partial charge is 0.251 e. The van der Waals surface area contributed by atoms with E-state index < -0.39 is 11.7 Å². The van der Waals surface area contributed by atoms with Crippen molar-refractivity contribution in [3.8, 4) is 17.1 Å². The second-order valence-electron chi connectivity index (χ2n) is 5.02. The molecule has 5 nitrogen and oxygen atoms in total. The molecule has 0 aliphatic carbocycles. The van der Waals surface area contributed by atoms with E-state index in [9.17, 15) is 9.18 Å². The molecule has 122 valence electrons. The van der Waals surface area contributed by atoms with Crippen LogP contribution in [0.4, 0.5) is 4.39 Å². The molecule has 0 radical (unpaired) electrons. The minimum atomic E-state index is -0.590. The van der Waals surface area contributed by atoms with Gasteiger partial charge in [0.2, 0.25) is 5.89 Å². The second-order valence-corrected chi connectivity index (χ2v) is 5.02. The van der Waals surface area contributed by atoms with Gasteiger partial charge in [0.25, 0.3) is 5.91 Å². The maximum atomic E-state index is 13.6. The topological polar surface area (TPSA) is 64.4 Å². The maximum absolute atomic E-state index is 13.6. The molecule has 0 aliphatic rings. The third-order valence-electron chi connectivity index (χ3n) is 3.43. The van der Waals surface area contributed by atoms with E-state index in [1.54, 1.807) is 6.20 Å². The van der Waals surface area contributed by atoms with Crippen LogP contribution in [0.25, 0.3) is 11.3 Å². The van der Waals surface area contributed by atoms with Crippen molar-refractivity contribution in [2.24, 2.45) is 0 Å². The number of hydrogen-bond acceptors (Lipinski definition) is 4. The van der Waals surface area contributed by atoms with E-state index in [1.807, 2.05) is 30.3 Å². The van der Waals surface area contributed by atoms with Gasteiger partial charge in [-0.2, -0.15) is 0 Å². The summed E-state index contributed by atoms with van der Waals surface area (Å²) >= 11 is 0. The summed E-state index contributed by atoms with van der Waals surface area (Å²) in [6.07, 6.45) is 1.60. The van der Waals surface area contributed by atoms with Crippen molar-refractivity contribution in [1.82, 2.24) is 10.3 Å². The first-order valence-electron chi connectivity index (χ1n) is 7.29. The predicted molar refractivity (Wildman–Crippen MR) is 86.1 cm³/mol. The zero-order chi connectivity index (χ0) is 16.9. The number of nitrogens with one attached hydrogen (secondary N) is 1. The highest BCUT2D eigenvalue weighted by molar-refractivity contribution is 5.94. The van der Waals surface area contributed by atoms with Gasteiger partial charge in [-0.3, -0.25) is 4.79 Å². The molecule has 3 aromatic rings. The summed E-state index contributed by atoms with van der Waals surface area (Å²) in [5, 5.41) is 2.64. The largest absolute Gasteiger partial charge is 0.494 e. The van der Waals surface area contributed by atoms with Crippen molar-refractivity contribution in [3.05, 3.63) is 72.0 Å². The van der Waals surface area contributed by atoms with Crippen molar-refractivity contribution >= 4 is 5.91 Å². The van der Waals surface area contributed by atoms with Crippen LogP contribution in [0, 0.1) is 5.82 Å². The molecule has 0 spiro atoms. The van der Waals surface area contributed by atoms with Gasteiger partial charge in [-0.05, 0) is 18.2 Å². The van der Waals surface area contributed by atoms with Crippen molar-refractivity contribution in [1.29, 1.82) is 0 Å². The minimum Gasteiger partial charge on any atom is -0.494 e. The number of carbonyl (C=O) groups excluding carboxylic acids is 1. The summed E-state index contributed by atoms with van der Waals surface area (Å²) in [5.41, 5.74) is 1.10. The standard InChI is InChI=1S/C18H15FN2O3/c1-23-15-8-7-13(9-14(15)19)18(22)21-11-17-20-10-16(24-17)12-5-3-2-4-6-12/h2-10H,11H2,1H3,(H,21,22). The van der Waals surface area contributed by atoms with Gasteiger partial charge in [0.05, 0.1) is 19.9 Å². The first-order valence-corrected chi connectivity index (χ1v) is 7.29. The van der Waals surface area contributed by atoms with Gasteiger partial charge in [0.15, 0.2) is 17.3 Å². The summed E-state index contributed by atoms with van der Waals surface area (Å²) in [4.78, 5) is 16.2. The molecule has 0 saturated carbocycles. The summed E-state index contributed by atoms with van der Waals surface area (Å²) < 4.78 is 24.0. The van der Waals surface area contributed by atoms with Crippen LogP contribution in [0.1, 0.15) is 16.2 Å². The first-order chi connectivity index (χ1) is 11.7. The van der Waals surface area contributed by atoms with Crippen LogP contribution >= 0.6 is 0 Å². The Hall–Kier alpha value is -3.15. The van der Waals surface area contributed by atoms with Crippen molar-refractivity contribution in [3.63, 3.8) is 0 Å². The van der Waals surface area contributed by atoms with Crippen molar-refractivity contribution in [2.75, 3.05) is 7.11 Å². The number of ether oxygens (including phenoxy) is 1. The number of carbonyl (C=O) groups is 1. The number of methoxy groups -OCH3 is 1. The molecule has 1 aromatic heterocycles. The molecule has 3 rings (SSSR count). The van der Waals surface area contributed by atoms with Crippen molar-refractivity contribution in [2.45, 2.75) is 6.54 Å². The third kappa shape index (κ3) is 3.43. The second kappa shape index (κ2) is 6.95. The average molecular weight is 326 g/mol. The lowest BCUT2D eigenvalue weighted by molar-refractivity contribution is 0.0947. The molecule has 0 atom stereocenters. The van der Waals surface area contributed by atoms with Gasteiger partial charge in [0, 0.05) is 11.1 Å². The molecule has 24 heavy (non-hydrogen) atoms. The molecule has 0 saturated heterocycles. The van der Waals surface area contributed by atoms with Crippen molar-refractivity contribution < 1.29 is 18.3 Å². The molecular weight excluding hydrogens is 311 g/mol. The van der Waals surface area contributed by atoms with E-state index in [0.717, 1.165) is 11.6 Å². The molecule has 0 unspecified atom stereocenters. The lowest BCUT2D eigenvalue weighted by atomic mass is 10.2. The van der Waals surface area contributed by atoms with E-state index >= 15 is 0 Å². The highest BCUT2D eigenvalue weighted by Crippen LogP contribution is 2.20. The summed E-state index contributed by atoms with van der Waals surface area (Å²) in [6, 6.07) is 13.5. The Morgan fingerprint density at radius 3 is 2.75 bits per heavy atom. The molecular formula is C18H15FN2O3. The SMILES string of the molecule is COc1ccc(C(=O)NCc2ncc(-c3ccccc3)o2)cc1F. The lowest BCUT2D eigenvalue weighted by Crippen LogP contribution is -2.23. The summed E-state index contributed by atoms with van der Waals surface area (Å²) in [6.45, 7) is 0.110. The van der Waals surface area contributed by atoms with Crippen LogP contribution in [-0.2, 0) is 6.54 Å². The first kappa shape index (κ1) is 15.7. The highest BCUT2D eigenvalue weighted by atomic mass is 19.1. The molecule has 0 fully saturated rings. The van der Waals surface area contributed by atoms with Gasteiger partial charge >= 0.3 is 0 Å². The monoisotopic (exact) mass is 326 g/mol. The average Bonchev–Trinajstić information content (AvgIpc) is 3.09. The van der Waals surface area contributed by atoms with Gasteiger partial charge in [0.1, 0.15) is 0 Å². The number of oxazole rings is 1. The fraction of sp³-hybridized carbons (Fsp3) is 0.111. The highest BCUT2D eigenvalue weighted by Gasteiger charge is 2.12. The normalized spacial score (nSPS) is 10.4. The van der Waals surface area contributed by atoms with Crippen LogP contribution < -0.4 is 10.1 Å². The van der Waals surface area contributed by atoms with E-state index in [2.05, 4.69) is 10.3 Å². The Morgan fingerprint density at radius 2 is 2.04 bits per heavy atom. The van der Waals surface area contributed by atoms with E-state index in [-0.39, 0.29) is 17.9 Å². The van der Waals surface area contributed by atoms with Crippen LogP contribution in [0.15, 0.2) is 59.1 Å². The van der Waals surface area contributed by atoms with Gasteiger partial charge in [-0.25, -0.2) is 9.37 Å². The Kier molecular flexibility index (Phi) is 4.56.